The van der Waals surface area contributed by atoms with Crippen LogP contribution in [0, 0.1) is 0 Å². The number of halogens is 1. The van der Waals surface area contributed by atoms with E-state index in [9.17, 15) is 18.0 Å². The topological polar surface area (TPSA) is 86.8 Å². The normalized spacial score (nSPS) is 17.3. The molecule has 2 heterocycles. The van der Waals surface area contributed by atoms with Crippen molar-refractivity contribution in [2.45, 2.75) is 37.0 Å². The summed E-state index contributed by atoms with van der Waals surface area (Å²) in [7, 11) is -3.71. The highest BCUT2D eigenvalue weighted by molar-refractivity contribution is 7.89. The molecule has 0 bridgehead atoms. The largest absolute Gasteiger partial charge is 0.339 e. The summed E-state index contributed by atoms with van der Waals surface area (Å²) in [5.74, 6) is -0.696. The van der Waals surface area contributed by atoms with Crippen LogP contribution in [0.5, 0.6) is 0 Å². The first-order valence-electron chi connectivity index (χ1n) is 10.9. The molecule has 0 saturated carbocycles. The summed E-state index contributed by atoms with van der Waals surface area (Å²) < 4.78 is 27.5. The van der Waals surface area contributed by atoms with Crippen LogP contribution in [0.25, 0.3) is 0 Å². The number of sulfonamides is 1. The second-order valence-electron chi connectivity index (χ2n) is 8.11. The van der Waals surface area contributed by atoms with E-state index in [1.807, 2.05) is 0 Å². The van der Waals surface area contributed by atoms with Crippen LogP contribution in [0.2, 0.25) is 5.02 Å². The average molecular weight is 476 g/mol. The maximum Gasteiger partial charge on any atom is 0.257 e. The van der Waals surface area contributed by atoms with E-state index >= 15 is 0 Å². The van der Waals surface area contributed by atoms with Crippen molar-refractivity contribution in [1.29, 1.82) is 0 Å². The maximum absolute atomic E-state index is 13.1. The number of likely N-dealkylation sites (tertiary alicyclic amines) is 1. The number of amides is 2. The predicted octanol–water partition coefficient (Wildman–Crippen LogP) is 4.00. The summed E-state index contributed by atoms with van der Waals surface area (Å²) in [5.41, 5.74) is 0.818. The lowest BCUT2D eigenvalue weighted by Gasteiger charge is -2.26. The number of hydrogen-bond donors (Lipinski definition) is 1. The molecule has 2 fully saturated rings. The Hall–Kier alpha value is -2.42. The summed E-state index contributed by atoms with van der Waals surface area (Å²) in [6.45, 7) is 2.34. The van der Waals surface area contributed by atoms with Gasteiger partial charge in [-0.15, -0.1) is 0 Å². The molecule has 2 aliphatic rings. The van der Waals surface area contributed by atoms with Gasteiger partial charge in [-0.3, -0.25) is 9.59 Å². The highest BCUT2D eigenvalue weighted by atomic mass is 35.5. The molecular weight excluding hydrogens is 450 g/mol. The molecule has 4 rings (SSSR count). The van der Waals surface area contributed by atoms with Crippen molar-refractivity contribution in [3.63, 3.8) is 0 Å². The first-order chi connectivity index (χ1) is 15.4. The standard InChI is InChI=1S/C23H26ClN3O4S/c24-20-11-10-17(32(30,31)27-14-4-1-5-15-27)16-19(20)22(28)25-21-9-3-2-8-18(21)23(29)26-12-6-7-13-26/h2-3,8-11,16H,1,4-7,12-15H2,(H,25,28). The number of carbonyl (C=O) groups is 2. The summed E-state index contributed by atoms with van der Waals surface area (Å²) in [6.07, 6.45) is 4.59. The molecule has 2 aromatic rings. The number of nitrogens with one attached hydrogen (secondary N) is 1. The van der Waals surface area contributed by atoms with E-state index in [0.717, 1.165) is 32.1 Å². The molecule has 2 aromatic carbocycles. The van der Waals surface area contributed by atoms with Crippen molar-refractivity contribution in [2.75, 3.05) is 31.5 Å². The molecule has 0 aliphatic carbocycles. The van der Waals surface area contributed by atoms with Crippen LogP contribution in [0.1, 0.15) is 52.8 Å². The number of benzene rings is 2. The Bertz CT molecular complexity index is 1120. The third kappa shape index (κ3) is 4.67. The van der Waals surface area contributed by atoms with Gasteiger partial charge in [-0.1, -0.05) is 30.2 Å². The van der Waals surface area contributed by atoms with Crippen LogP contribution >= 0.6 is 11.6 Å². The molecule has 32 heavy (non-hydrogen) atoms. The Morgan fingerprint density at radius 1 is 0.844 bits per heavy atom. The fourth-order valence-corrected chi connectivity index (χ4v) is 5.90. The molecular formula is C23H26ClN3O4S. The Balaban J connectivity index is 1.59. The van der Waals surface area contributed by atoms with Crippen LogP contribution in [0.4, 0.5) is 5.69 Å². The molecule has 0 aromatic heterocycles. The summed E-state index contributed by atoms with van der Waals surface area (Å²) in [6, 6.07) is 11.0. The average Bonchev–Trinajstić information content (AvgIpc) is 3.35. The van der Waals surface area contributed by atoms with Crippen LogP contribution in [-0.4, -0.2) is 55.6 Å². The Morgan fingerprint density at radius 2 is 1.50 bits per heavy atom. The Kier molecular flexibility index (Phi) is 6.83. The zero-order valence-corrected chi connectivity index (χ0v) is 19.3. The molecule has 1 N–H and O–H groups in total. The van der Waals surface area contributed by atoms with Crippen molar-refractivity contribution in [1.82, 2.24) is 9.21 Å². The van der Waals surface area contributed by atoms with E-state index in [2.05, 4.69) is 5.32 Å². The first-order valence-corrected chi connectivity index (χ1v) is 12.7. The minimum absolute atomic E-state index is 0.0374. The second kappa shape index (κ2) is 9.60. The van der Waals surface area contributed by atoms with Gasteiger partial charge in [0.2, 0.25) is 10.0 Å². The molecule has 0 radical (unpaired) electrons. The van der Waals surface area contributed by atoms with E-state index in [0.29, 0.717) is 37.4 Å². The summed E-state index contributed by atoms with van der Waals surface area (Å²) in [5, 5.41) is 2.89. The van der Waals surface area contributed by atoms with Gasteiger partial charge in [0.25, 0.3) is 11.8 Å². The zero-order chi connectivity index (χ0) is 22.7. The Morgan fingerprint density at radius 3 is 2.22 bits per heavy atom. The SMILES string of the molecule is O=C(Nc1ccccc1C(=O)N1CCCC1)c1cc(S(=O)(=O)N2CCCCC2)ccc1Cl. The lowest BCUT2D eigenvalue weighted by molar-refractivity contribution is 0.0794. The fraction of sp³-hybridized carbons (Fsp3) is 0.391. The van der Waals surface area contributed by atoms with Crippen molar-refractivity contribution >= 4 is 39.1 Å². The third-order valence-corrected chi connectivity index (χ3v) is 8.16. The number of anilines is 1. The summed E-state index contributed by atoms with van der Waals surface area (Å²) in [4.78, 5) is 27.7. The van der Waals surface area contributed by atoms with Crippen molar-refractivity contribution in [3.05, 3.63) is 58.6 Å². The number of nitrogens with zero attached hydrogens (tertiary/aromatic N) is 2. The van der Waals surface area contributed by atoms with E-state index in [1.54, 1.807) is 29.2 Å². The van der Waals surface area contributed by atoms with Crippen LogP contribution in [0.15, 0.2) is 47.4 Å². The van der Waals surface area contributed by atoms with Gasteiger partial charge in [-0.05, 0) is 56.0 Å². The molecule has 2 saturated heterocycles. The van der Waals surface area contributed by atoms with Crippen LogP contribution in [0.3, 0.4) is 0 Å². The molecule has 9 heteroatoms. The van der Waals surface area contributed by atoms with E-state index in [1.165, 1.54) is 22.5 Å². The minimum Gasteiger partial charge on any atom is -0.339 e. The number of hydrogen-bond acceptors (Lipinski definition) is 4. The Labute approximate surface area is 193 Å². The van der Waals surface area contributed by atoms with Gasteiger partial charge in [-0.2, -0.15) is 4.31 Å². The molecule has 2 aliphatic heterocycles. The molecule has 7 nitrogen and oxygen atoms in total. The van der Waals surface area contributed by atoms with Gasteiger partial charge in [0.15, 0.2) is 0 Å². The molecule has 0 spiro atoms. The van der Waals surface area contributed by atoms with Gasteiger partial charge in [0.05, 0.1) is 26.7 Å². The smallest absolute Gasteiger partial charge is 0.257 e. The lowest BCUT2D eigenvalue weighted by Crippen LogP contribution is -2.35. The van der Waals surface area contributed by atoms with Gasteiger partial charge in [0, 0.05) is 26.2 Å². The fourth-order valence-electron chi connectivity index (χ4n) is 4.15. The predicted molar refractivity (Wildman–Crippen MR) is 124 cm³/mol. The second-order valence-corrected chi connectivity index (χ2v) is 10.5. The minimum atomic E-state index is -3.71. The highest BCUT2D eigenvalue weighted by Gasteiger charge is 2.28. The van der Waals surface area contributed by atoms with Gasteiger partial charge < -0.3 is 10.2 Å². The molecule has 0 unspecified atom stereocenters. The van der Waals surface area contributed by atoms with Gasteiger partial charge in [-0.25, -0.2) is 8.42 Å². The van der Waals surface area contributed by atoms with Crippen molar-refractivity contribution < 1.29 is 18.0 Å². The van der Waals surface area contributed by atoms with Crippen LogP contribution < -0.4 is 5.32 Å². The third-order valence-electron chi connectivity index (χ3n) is 5.93. The molecule has 170 valence electrons. The first kappa shape index (κ1) is 22.8. The molecule has 2 amide bonds. The number of piperidine rings is 1. The lowest BCUT2D eigenvalue weighted by atomic mass is 10.1. The van der Waals surface area contributed by atoms with E-state index < -0.39 is 15.9 Å². The number of carbonyl (C=O) groups excluding carboxylic acids is 2. The van der Waals surface area contributed by atoms with Crippen molar-refractivity contribution in [2.24, 2.45) is 0 Å². The number of rotatable bonds is 5. The summed E-state index contributed by atoms with van der Waals surface area (Å²) >= 11 is 6.25. The van der Waals surface area contributed by atoms with E-state index in [-0.39, 0.29) is 21.4 Å². The van der Waals surface area contributed by atoms with Gasteiger partial charge >= 0.3 is 0 Å². The zero-order valence-electron chi connectivity index (χ0n) is 17.7. The van der Waals surface area contributed by atoms with E-state index in [4.69, 9.17) is 11.6 Å². The van der Waals surface area contributed by atoms with Gasteiger partial charge in [0.1, 0.15) is 0 Å². The number of para-hydroxylation sites is 1. The maximum atomic E-state index is 13.1. The molecule has 0 atom stereocenters. The van der Waals surface area contributed by atoms with Crippen molar-refractivity contribution in [3.8, 4) is 0 Å². The quantitative estimate of drug-likeness (QED) is 0.708. The highest BCUT2D eigenvalue weighted by Crippen LogP contribution is 2.27. The van der Waals surface area contributed by atoms with Crippen LogP contribution in [-0.2, 0) is 10.0 Å². The monoisotopic (exact) mass is 475 g/mol.